The molecular weight excluding hydrogens is 336 g/mol. The maximum absolute atomic E-state index is 12.4. The Bertz CT molecular complexity index is 947. The van der Waals surface area contributed by atoms with Gasteiger partial charge in [0.1, 0.15) is 5.65 Å². The van der Waals surface area contributed by atoms with Crippen LogP contribution in [0.15, 0.2) is 53.7 Å². The summed E-state index contributed by atoms with van der Waals surface area (Å²) in [7, 11) is 0.456. The maximum atomic E-state index is 12.4. The van der Waals surface area contributed by atoms with Gasteiger partial charge in [0.25, 0.3) is 0 Å². The molecule has 0 aliphatic heterocycles. The largest absolute Gasteiger partial charge is 0.346 e. The summed E-state index contributed by atoms with van der Waals surface area (Å²) in [5.41, 5.74) is 2.80. The average Bonchev–Trinajstić information content (AvgIpc) is 3.07. The minimum atomic E-state index is -3.48. The molecule has 3 aromatic rings. The van der Waals surface area contributed by atoms with Crippen molar-refractivity contribution in [2.45, 2.75) is 11.3 Å². The van der Waals surface area contributed by atoms with E-state index in [0.29, 0.717) is 6.54 Å². The predicted octanol–water partition coefficient (Wildman–Crippen LogP) is 2.46. The van der Waals surface area contributed by atoms with Crippen LogP contribution in [-0.4, -0.2) is 50.5 Å². The van der Waals surface area contributed by atoms with Crippen molar-refractivity contribution >= 4 is 21.1 Å². The van der Waals surface area contributed by atoms with Crippen LogP contribution in [0.2, 0.25) is 0 Å². The first-order chi connectivity index (χ1) is 12.0. The van der Waals surface area contributed by atoms with E-state index in [9.17, 15) is 8.42 Å². The molecule has 0 atom stereocenters. The van der Waals surface area contributed by atoms with Crippen LogP contribution in [0.25, 0.3) is 22.2 Å². The van der Waals surface area contributed by atoms with E-state index >= 15 is 0 Å². The molecule has 0 amide bonds. The zero-order valence-electron chi connectivity index (χ0n) is 14.4. The summed E-state index contributed by atoms with van der Waals surface area (Å²) < 4.78 is 27.4. The predicted molar refractivity (Wildman–Crippen MR) is 99.9 cm³/mol. The van der Waals surface area contributed by atoms with E-state index in [1.54, 1.807) is 18.3 Å². The van der Waals surface area contributed by atoms with Crippen molar-refractivity contribution in [1.82, 2.24) is 19.6 Å². The number of sulfonamides is 1. The normalized spacial score (nSPS) is 12.1. The number of aromatic amines is 1. The Hall–Kier alpha value is -2.22. The molecule has 25 heavy (non-hydrogen) atoms. The first-order valence-electron chi connectivity index (χ1n) is 8.14. The second-order valence-corrected chi connectivity index (χ2v) is 7.94. The van der Waals surface area contributed by atoms with Gasteiger partial charge in [-0.3, -0.25) is 0 Å². The third-order valence-corrected chi connectivity index (χ3v) is 5.49. The first-order valence-corrected chi connectivity index (χ1v) is 9.62. The molecule has 132 valence electrons. The van der Waals surface area contributed by atoms with E-state index in [0.717, 1.165) is 35.1 Å². The van der Waals surface area contributed by atoms with Crippen molar-refractivity contribution in [3.05, 3.63) is 48.8 Å². The highest BCUT2D eigenvalue weighted by atomic mass is 32.2. The minimum absolute atomic E-state index is 0.278. The van der Waals surface area contributed by atoms with Gasteiger partial charge in [0.05, 0.1) is 4.90 Å². The lowest BCUT2D eigenvalue weighted by atomic mass is 10.0. The van der Waals surface area contributed by atoms with Gasteiger partial charge in [-0.15, -0.1) is 0 Å². The Morgan fingerprint density at radius 3 is 2.60 bits per heavy atom. The highest BCUT2D eigenvalue weighted by Crippen LogP contribution is 2.27. The number of aromatic nitrogens is 2. The molecule has 0 bridgehead atoms. The number of benzene rings is 1. The molecule has 0 aliphatic carbocycles. The fourth-order valence-electron chi connectivity index (χ4n) is 2.71. The molecule has 0 saturated carbocycles. The number of rotatable bonds is 7. The lowest BCUT2D eigenvalue weighted by Crippen LogP contribution is -2.27. The van der Waals surface area contributed by atoms with E-state index in [1.165, 1.54) is 0 Å². The van der Waals surface area contributed by atoms with Crippen LogP contribution in [0.4, 0.5) is 0 Å². The van der Waals surface area contributed by atoms with E-state index in [4.69, 9.17) is 0 Å². The van der Waals surface area contributed by atoms with Gasteiger partial charge in [-0.05, 0) is 62.5 Å². The number of nitrogens with zero attached hydrogens (tertiary/aromatic N) is 2. The number of hydrogen-bond acceptors (Lipinski definition) is 4. The Kier molecular flexibility index (Phi) is 5.17. The lowest BCUT2D eigenvalue weighted by molar-refractivity contribution is 0.400. The molecule has 2 aromatic heterocycles. The number of pyridine rings is 1. The van der Waals surface area contributed by atoms with Gasteiger partial charge in [-0.2, -0.15) is 0 Å². The Morgan fingerprint density at radius 1 is 1.12 bits per heavy atom. The van der Waals surface area contributed by atoms with Crippen molar-refractivity contribution in [2.24, 2.45) is 0 Å². The minimum Gasteiger partial charge on any atom is -0.346 e. The van der Waals surface area contributed by atoms with Gasteiger partial charge in [0.2, 0.25) is 10.0 Å². The Labute approximate surface area is 147 Å². The molecule has 1 aromatic carbocycles. The SMILES string of the molecule is CN(C)CCCNS(=O)(=O)c1ccc(-c2ccnc3[nH]ccc23)cc1. The van der Waals surface area contributed by atoms with Gasteiger partial charge < -0.3 is 9.88 Å². The summed E-state index contributed by atoms with van der Waals surface area (Å²) in [6, 6.07) is 10.8. The third-order valence-electron chi connectivity index (χ3n) is 4.01. The number of fused-ring (bicyclic) bond motifs is 1. The molecule has 2 N–H and O–H groups in total. The quantitative estimate of drug-likeness (QED) is 0.636. The molecule has 0 spiro atoms. The molecule has 0 aliphatic rings. The van der Waals surface area contributed by atoms with E-state index in [2.05, 4.69) is 14.7 Å². The van der Waals surface area contributed by atoms with Gasteiger partial charge in [-0.25, -0.2) is 18.1 Å². The Morgan fingerprint density at radius 2 is 1.88 bits per heavy atom. The maximum Gasteiger partial charge on any atom is 0.240 e. The summed E-state index contributed by atoms with van der Waals surface area (Å²) in [4.78, 5) is 9.66. The highest BCUT2D eigenvalue weighted by molar-refractivity contribution is 7.89. The summed E-state index contributed by atoms with van der Waals surface area (Å²) in [6.07, 6.45) is 4.36. The van der Waals surface area contributed by atoms with Crippen LogP contribution in [0.1, 0.15) is 6.42 Å². The molecule has 6 nitrogen and oxygen atoms in total. The van der Waals surface area contributed by atoms with Crippen LogP contribution in [0.3, 0.4) is 0 Å². The number of nitrogens with one attached hydrogen (secondary N) is 2. The van der Waals surface area contributed by atoms with Crippen LogP contribution < -0.4 is 4.72 Å². The van der Waals surface area contributed by atoms with Gasteiger partial charge in [0, 0.05) is 24.3 Å². The van der Waals surface area contributed by atoms with E-state index in [-0.39, 0.29) is 4.90 Å². The zero-order chi connectivity index (χ0) is 17.9. The molecular formula is C18H22N4O2S. The summed E-state index contributed by atoms with van der Waals surface area (Å²) in [6.45, 7) is 1.27. The molecule has 7 heteroatoms. The van der Waals surface area contributed by atoms with Crippen LogP contribution in [0, 0.1) is 0 Å². The standard InChI is InChI=1S/C18H22N4O2S/c1-22(2)13-3-10-21-25(23,24)15-6-4-14(5-7-15)16-8-11-19-18-17(16)9-12-20-18/h4-9,11-12,21H,3,10,13H2,1-2H3,(H,19,20). The first kappa shape index (κ1) is 17.6. The van der Waals surface area contributed by atoms with Crippen LogP contribution in [-0.2, 0) is 10.0 Å². The van der Waals surface area contributed by atoms with E-state index < -0.39 is 10.0 Å². The Balaban J connectivity index is 1.77. The van der Waals surface area contributed by atoms with Crippen LogP contribution >= 0.6 is 0 Å². The molecule has 0 fully saturated rings. The number of H-pyrrole nitrogens is 1. The number of hydrogen-bond donors (Lipinski definition) is 2. The van der Waals surface area contributed by atoms with Crippen molar-refractivity contribution < 1.29 is 8.42 Å². The summed E-state index contributed by atoms with van der Waals surface area (Å²) in [5.74, 6) is 0. The van der Waals surface area contributed by atoms with Crippen molar-refractivity contribution in [3.63, 3.8) is 0 Å². The summed E-state index contributed by atoms with van der Waals surface area (Å²) >= 11 is 0. The van der Waals surface area contributed by atoms with Gasteiger partial charge in [0.15, 0.2) is 0 Å². The topological polar surface area (TPSA) is 78.1 Å². The highest BCUT2D eigenvalue weighted by Gasteiger charge is 2.14. The second-order valence-electron chi connectivity index (χ2n) is 6.18. The monoisotopic (exact) mass is 358 g/mol. The lowest BCUT2D eigenvalue weighted by Gasteiger charge is -2.11. The molecule has 0 unspecified atom stereocenters. The molecule has 0 saturated heterocycles. The van der Waals surface area contributed by atoms with E-state index in [1.807, 2.05) is 49.5 Å². The second kappa shape index (κ2) is 7.35. The fourth-order valence-corrected chi connectivity index (χ4v) is 3.79. The smallest absolute Gasteiger partial charge is 0.240 e. The molecule has 3 rings (SSSR count). The fraction of sp³-hybridized carbons (Fsp3) is 0.278. The van der Waals surface area contributed by atoms with Crippen molar-refractivity contribution in [1.29, 1.82) is 0 Å². The molecule has 0 radical (unpaired) electrons. The average molecular weight is 358 g/mol. The van der Waals surface area contributed by atoms with Gasteiger partial charge in [-0.1, -0.05) is 12.1 Å². The summed E-state index contributed by atoms with van der Waals surface area (Å²) in [5, 5.41) is 1.01. The van der Waals surface area contributed by atoms with Crippen molar-refractivity contribution in [3.8, 4) is 11.1 Å². The van der Waals surface area contributed by atoms with Gasteiger partial charge >= 0.3 is 0 Å². The van der Waals surface area contributed by atoms with Crippen LogP contribution in [0.5, 0.6) is 0 Å². The third kappa shape index (κ3) is 4.07. The molecule has 2 heterocycles. The van der Waals surface area contributed by atoms with Crippen molar-refractivity contribution in [2.75, 3.05) is 27.2 Å². The zero-order valence-corrected chi connectivity index (χ0v) is 15.2.